The second kappa shape index (κ2) is 5.43. The number of carbonyl (C=O) groups is 2. The Hall–Kier alpha value is -1.97. The summed E-state index contributed by atoms with van der Waals surface area (Å²) in [7, 11) is -4.11. The Morgan fingerprint density at radius 1 is 1.48 bits per heavy atom. The van der Waals surface area contributed by atoms with Gasteiger partial charge in [0.25, 0.3) is 0 Å². The molecule has 0 spiro atoms. The van der Waals surface area contributed by atoms with Crippen molar-refractivity contribution in [1.82, 2.24) is 4.72 Å². The zero-order valence-electron chi connectivity index (χ0n) is 11.0. The van der Waals surface area contributed by atoms with Gasteiger partial charge in [-0.15, -0.1) is 0 Å². The van der Waals surface area contributed by atoms with Crippen LogP contribution < -0.4 is 10.0 Å². The SMILES string of the molecule is CC1C(=O)Nc2ccc(S(=O)(=O)N[C@H](CO)C(=O)O)cc21. The highest BCUT2D eigenvalue weighted by atomic mass is 32.2. The summed E-state index contributed by atoms with van der Waals surface area (Å²) < 4.78 is 26.1. The molecule has 1 heterocycles. The molecule has 114 valence electrons. The molecule has 0 aromatic heterocycles. The number of aliphatic carboxylic acids is 1. The molecule has 2 rings (SSSR count). The van der Waals surface area contributed by atoms with Crippen LogP contribution >= 0.6 is 0 Å². The topological polar surface area (TPSA) is 133 Å². The molecule has 0 saturated heterocycles. The fourth-order valence-electron chi connectivity index (χ4n) is 1.98. The molecule has 1 amide bonds. The van der Waals surface area contributed by atoms with Crippen LogP contribution in [0, 0.1) is 0 Å². The van der Waals surface area contributed by atoms with Crippen LogP contribution in [0.25, 0.3) is 0 Å². The first-order valence-electron chi connectivity index (χ1n) is 6.07. The average molecular weight is 314 g/mol. The number of rotatable bonds is 5. The number of hydrogen-bond acceptors (Lipinski definition) is 5. The van der Waals surface area contributed by atoms with E-state index in [0.717, 1.165) is 0 Å². The highest BCUT2D eigenvalue weighted by molar-refractivity contribution is 7.89. The predicted octanol–water partition coefficient (Wildman–Crippen LogP) is -0.534. The van der Waals surface area contributed by atoms with Gasteiger partial charge in [0, 0.05) is 5.69 Å². The Kier molecular flexibility index (Phi) is 3.99. The zero-order valence-corrected chi connectivity index (χ0v) is 11.8. The molecule has 1 aromatic carbocycles. The van der Waals surface area contributed by atoms with Crippen LogP contribution in [0.5, 0.6) is 0 Å². The molecule has 1 aromatic rings. The van der Waals surface area contributed by atoms with Crippen molar-refractivity contribution >= 4 is 27.6 Å². The Bertz CT molecular complexity index is 700. The number of amides is 1. The fraction of sp³-hybridized carbons (Fsp3) is 0.333. The predicted molar refractivity (Wildman–Crippen MR) is 72.3 cm³/mol. The van der Waals surface area contributed by atoms with E-state index in [9.17, 15) is 18.0 Å². The molecule has 9 heteroatoms. The molecule has 0 radical (unpaired) electrons. The van der Waals surface area contributed by atoms with Gasteiger partial charge in [-0.05, 0) is 30.7 Å². The maximum Gasteiger partial charge on any atom is 0.324 e. The van der Waals surface area contributed by atoms with E-state index < -0.39 is 34.6 Å². The number of hydrogen-bond donors (Lipinski definition) is 4. The minimum atomic E-state index is -4.11. The maximum atomic E-state index is 12.1. The first-order valence-corrected chi connectivity index (χ1v) is 7.55. The second-order valence-corrected chi connectivity index (χ2v) is 6.37. The monoisotopic (exact) mass is 314 g/mol. The standard InChI is InChI=1S/C12H14N2O6S/c1-6-8-4-7(2-3-9(8)13-11(6)16)21(19,20)14-10(5-15)12(17)18/h2-4,6,10,14-15H,5H2,1H3,(H,13,16)(H,17,18)/t6?,10-/m1/s1. The van der Waals surface area contributed by atoms with Crippen molar-refractivity contribution < 1.29 is 28.2 Å². The first-order chi connectivity index (χ1) is 9.76. The molecular formula is C12H14N2O6S. The summed E-state index contributed by atoms with van der Waals surface area (Å²) in [5.41, 5.74) is 1.06. The lowest BCUT2D eigenvalue weighted by Crippen LogP contribution is -2.43. The quantitative estimate of drug-likeness (QED) is 0.577. The third kappa shape index (κ3) is 2.89. The normalized spacial score (nSPS) is 19.0. The minimum Gasteiger partial charge on any atom is -0.480 e. The van der Waals surface area contributed by atoms with Gasteiger partial charge in [0.2, 0.25) is 15.9 Å². The van der Waals surface area contributed by atoms with Crippen LogP contribution in [0.1, 0.15) is 18.4 Å². The molecule has 0 bridgehead atoms. The van der Waals surface area contributed by atoms with Crippen LogP contribution in [0.15, 0.2) is 23.1 Å². The van der Waals surface area contributed by atoms with Crippen LogP contribution in [0.4, 0.5) is 5.69 Å². The Morgan fingerprint density at radius 3 is 2.71 bits per heavy atom. The van der Waals surface area contributed by atoms with Crippen LogP contribution in [-0.2, 0) is 19.6 Å². The molecule has 2 atom stereocenters. The van der Waals surface area contributed by atoms with Gasteiger partial charge in [0.05, 0.1) is 17.4 Å². The van der Waals surface area contributed by atoms with Gasteiger partial charge in [-0.25, -0.2) is 8.42 Å². The van der Waals surface area contributed by atoms with Crippen molar-refractivity contribution in [3.8, 4) is 0 Å². The summed E-state index contributed by atoms with van der Waals surface area (Å²) in [6.45, 7) is 0.773. The number of sulfonamides is 1. The molecular weight excluding hydrogens is 300 g/mol. The molecule has 8 nitrogen and oxygen atoms in total. The number of carboxylic acids is 1. The smallest absolute Gasteiger partial charge is 0.324 e. The number of nitrogens with one attached hydrogen (secondary N) is 2. The first kappa shape index (κ1) is 15.4. The van der Waals surface area contributed by atoms with Crippen molar-refractivity contribution in [2.45, 2.75) is 23.8 Å². The minimum absolute atomic E-state index is 0.163. The van der Waals surface area contributed by atoms with E-state index in [2.05, 4.69) is 5.32 Å². The van der Waals surface area contributed by atoms with Crippen molar-refractivity contribution in [3.05, 3.63) is 23.8 Å². The highest BCUT2D eigenvalue weighted by Gasteiger charge is 2.30. The number of aliphatic hydroxyl groups excluding tert-OH is 1. The van der Waals surface area contributed by atoms with E-state index in [4.69, 9.17) is 10.2 Å². The van der Waals surface area contributed by atoms with E-state index in [1.165, 1.54) is 18.2 Å². The maximum absolute atomic E-state index is 12.1. The summed E-state index contributed by atoms with van der Waals surface area (Å²) in [6, 6.07) is 2.40. The Labute approximate surface area is 120 Å². The number of aliphatic hydroxyl groups is 1. The Morgan fingerprint density at radius 2 is 2.14 bits per heavy atom. The lowest BCUT2D eigenvalue weighted by Gasteiger charge is -2.13. The molecule has 4 N–H and O–H groups in total. The third-order valence-electron chi connectivity index (χ3n) is 3.23. The van der Waals surface area contributed by atoms with Crippen LogP contribution in [-0.4, -0.2) is 43.2 Å². The summed E-state index contributed by atoms with van der Waals surface area (Å²) in [4.78, 5) is 22.1. The summed E-state index contributed by atoms with van der Waals surface area (Å²) in [5, 5.41) is 20.3. The second-order valence-electron chi connectivity index (χ2n) is 4.65. The van der Waals surface area contributed by atoms with E-state index in [1.54, 1.807) is 6.92 Å². The largest absolute Gasteiger partial charge is 0.480 e. The van der Waals surface area contributed by atoms with E-state index >= 15 is 0 Å². The lowest BCUT2D eigenvalue weighted by atomic mass is 10.0. The van der Waals surface area contributed by atoms with Gasteiger partial charge in [0.15, 0.2) is 0 Å². The van der Waals surface area contributed by atoms with Gasteiger partial charge >= 0.3 is 5.97 Å². The fourth-order valence-corrected chi connectivity index (χ4v) is 3.20. The summed E-state index contributed by atoms with van der Waals surface area (Å²) >= 11 is 0. The van der Waals surface area contributed by atoms with E-state index in [0.29, 0.717) is 11.3 Å². The molecule has 1 unspecified atom stereocenters. The van der Waals surface area contributed by atoms with Crippen LogP contribution in [0.3, 0.4) is 0 Å². The van der Waals surface area contributed by atoms with Gasteiger partial charge in [-0.2, -0.15) is 4.72 Å². The third-order valence-corrected chi connectivity index (χ3v) is 4.70. The summed E-state index contributed by atoms with van der Waals surface area (Å²) in [6.07, 6.45) is 0. The number of fused-ring (bicyclic) bond motifs is 1. The Balaban J connectivity index is 2.34. The lowest BCUT2D eigenvalue weighted by molar-refractivity contribution is -0.139. The zero-order chi connectivity index (χ0) is 15.8. The van der Waals surface area contributed by atoms with Crippen molar-refractivity contribution in [2.24, 2.45) is 0 Å². The van der Waals surface area contributed by atoms with E-state index in [1.807, 2.05) is 4.72 Å². The van der Waals surface area contributed by atoms with Crippen molar-refractivity contribution in [1.29, 1.82) is 0 Å². The van der Waals surface area contributed by atoms with E-state index in [-0.39, 0.29) is 10.8 Å². The van der Waals surface area contributed by atoms with Crippen molar-refractivity contribution in [3.63, 3.8) is 0 Å². The molecule has 0 fully saturated rings. The number of carbonyl (C=O) groups excluding carboxylic acids is 1. The molecule has 0 aliphatic carbocycles. The number of anilines is 1. The van der Waals surface area contributed by atoms with Crippen LogP contribution in [0.2, 0.25) is 0 Å². The van der Waals surface area contributed by atoms with Gasteiger partial charge in [-0.3, -0.25) is 9.59 Å². The molecule has 1 aliphatic heterocycles. The number of benzene rings is 1. The van der Waals surface area contributed by atoms with Gasteiger partial charge < -0.3 is 15.5 Å². The highest BCUT2D eigenvalue weighted by Crippen LogP contribution is 2.33. The number of carboxylic acid groups (broad SMARTS) is 1. The average Bonchev–Trinajstić information content (AvgIpc) is 2.71. The molecule has 0 saturated carbocycles. The van der Waals surface area contributed by atoms with Crippen molar-refractivity contribution in [2.75, 3.05) is 11.9 Å². The van der Waals surface area contributed by atoms with Gasteiger partial charge in [0.1, 0.15) is 6.04 Å². The van der Waals surface area contributed by atoms with Gasteiger partial charge in [-0.1, -0.05) is 0 Å². The summed E-state index contributed by atoms with van der Waals surface area (Å²) in [5.74, 6) is -2.19. The molecule has 21 heavy (non-hydrogen) atoms. The molecule has 1 aliphatic rings.